The Balaban J connectivity index is 2.09. The second kappa shape index (κ2) is 5.43. The van der Waals surface area contributed by atoms with E-state index in [4.69, 9.17) is 0 Å². The molecule has 0 fully saturated rings. The number of aromatic amines is 1. The van der Waals surface area contributed by atoms with E-state index in [1.165, 1.54) is 0 Å². The number of para-hydroxylation sites is 1. The molecule has 26 heavy (non-hydrogen) atoms. The average Bonchev–Trinajstić information content (AvgIpc) is 3.15. The smallest absolute Gasteiger partial charge is 0.285 e. The molecule has 5 aromatic rings. The zero-order valence-electron chi connectivity index (χ0n) is 13.8. The number of hydrogen-bond donors (Lipinski definition) is 1. The number of nitro benzene ring substituents is 1. The molecule has 0 saturated heterocycles. The van der Waals surface area contributed by atoms with Crippen LogP contribution >= 0.6 is 0 Å². The van der Waals surface area contributed by atoms with Crippen LogP contribution in [0, 0.1) is 10.1 Å². The number of rotatable bonds is 2. The lowest BCUT2D eigenvalue weighted by Gasteiger charge is -2.13. The predicted octanol–water partition coefficient (Wildman–Crippen LogP) is 6.05. The Labute approximate surface area is 148 Å². The van der Waals surface area contributed by atoms with Gasteiger partial charge in [-0.05, 0) is 33.7 Å². The van der Waals surface area contributed by atoms with E-state index < -0.39 is 0 Å². The van der Waals surface area contributed by atoms with Gasteiger partial charge in [-0.25, -0.2) is 0 Å². The summed E-state index contributed by atoms with van der Waals surface area (Å²) in [5, 5.41) is 16.6. The van der Waals surface area contributed by atoms with Crippen LogP contribution in [0.2, 0.25) is 0 Å². The number of nitrogens with one attached hydrogen (secondary N) is 1. The molecule has 0 atom stereocenters. The van der Waals surface area contributed by atoms with Crippen molar-refractivity contribution in [2.45, 2.75) is 0 Å². The first kappa shape index (κ1) is 14.7. The molecule has 4 nitrogen and oxygen atoms in total. The Morgan fingerprint density at radius 3 is 2.12 bits per heavy atom. The van der Waals surface area contributed by atoms with Crippen LogP contribution in [0.5, 0.6) is 0 Å². The van der Waals surface area contributed by atoms with Gasteiger partial charge in [0.1, 0.15) is 0 Å². The summed E-state index contributed by atoms with van der Waals surface area (Å²) >= 11 is 0. The first-order chi connectivity index (χ1) is 12.8. The van der Waals surface area contributed by atoms with E-state index in [0.29, 0.717) is 10.9 Å². The van der Waals surface area contributed by atoms with E-state index in [9.17, 15) is 10.1 Å². The Hall–Kier alpha value is -3.66. The van der Waals surface area contributed by atoms with Gasteiger partial charge in [0, 0.05) is 11.8 Å². The van der Waals surface area contributed by atoms with Crippen molar-refractivity contribution in [1.82, 2.24) is 4.98 Å². The van der Waals surface area contributed by atoms with Crippen LogP contribution in [-0.4, -0.2) is 9.91 Å². The Kier molecular flexibility index (Phi) is 3.06. The number of nitrogens with zero attached hydrogens (tertiary/aromatic N) is 1. The zero-order chi connectivity index (χ0) is 17.7. The second-order valence-corrected chi connectivity index (χ2v) is 6.32. The summed E-state index contributed by atoms with van der Waals surface area (Å²) in [6.07, 6.45) is 1.86. The molecule has 5 rings (SSSR count). The lowest BCUT2D eigenvalue weighted by atomic mass is 9.90. The molecule has 0 saturated carbocycles. The van der Waals surface area contributed by atoms with Crippen LogP contribution < -0.4 is 0 Å². The van der Waals surface area contributed by atoms with E-state index in [2.05, 4.69) is 4.98 Å². The number of hydrogen-bond acceptors (Lipinski definition) is 2. The Morgan fingerprint density at radius 2 is 1.38 bits per heavy atom. The fourth-order valence-corrected chi connectivity index (χ4v) is 3.88. The van der Waals surface area contributed by atoms with Gasteiger partial charge >= 0.3 is 0 Å². The van der Waals surface area contributed by atoms with Gasteiger partial charge in [-0.1, -0.05) is 60.7 Å². The summed E-state index contributed by atoms with van der Waals surface area (Å²) in [4.78, 5) is 15.1. The Bertz CT molecular complexity index is 1320. The van der Waals surface area contributed by atoms with Crippen LogP contribution in [0.1, 0.15) is 0 Å². The fourth-order valence-electron chi connectivity index (χ4n) is 3.88. The van der Waals surface area contributed by atoms with Gasteiger partial charge in [0.25, 0.3) is 5.69 Å². The van der Waals surface area contributed by atoms with Gasteiger partial charge in [0.05, 0.1) is 21.4 Å². The lowest BCUT2D eigenvalue weighted by Crippen LogP contribution is -1.96. The SMILES string of the molecule is O=[N+]([O-])c1c(-c2cccc3cc[nH]c23)c2ccccc2c2ccccc12. The van der Waals surface area contributed by atoms with Crippen molar-refractivity contribution >= 4 is 38.1 Å². The summed E-state index contributed by atoms with van der Waals surface area (Å²) in [7, 11) is 0. The highest BCUT2D eigenvalue weighted by Crippen LogP contribution is 2.45. The summed E-state index contributed by atoms with van der Waals surface area (Å²) in [6, 6.07) is 23.3. The third kappa shape index (κ3) is 1.96. The quantitative estimate of drug-likeness (QED) is 0.242. The van der Waals surface area contributed by atoms with Gasteiger partial charge in [-0.15, -0.1) is 0 Å². The molecule has 1 aromatic heterocycles. The number of fused-ring (bicyclic) bond motifs is 4. The molecule has 124 valence electrons. The fraction of sp³-hybridized carbons (Fsp3) is 0. The van der Waals surface area contributed by atoms with Gasteiger partial charge in [0.15, 0.2) is 0 Å². The van der Waals surface area contributed by atoms with Crippen LogP contribution in [-0.2, 0) is 0 Å². The monoisotopic (exact) mass is 338 g/mol. The highest BCUT2D eigenvalue weighted by atomic mass is 16.6. The first-order valence-corrected chi connectivity index (χ1v) is 8.40. The third-order valence-corrected chi connectivity index (χ3v) is 4.94. The van der Waals surface area contributed by atoms with E-state index in [0.717, 1.165) is 32.6 Å². The zero-order valence-corrected chi connectivity index (χ0v) is 13.8. The van der Waals surface area contributed by atoms with Crippen molar-refractivity contribution in [2.75, 3.05) is 0 Å². The van der Waals surface area contributed by atoms with Crippen molar-refractivity contribution in [1.29, 1.82) is 0 Å². The molecule has 1 heterocycles. The molecule has 1 N–H and O–H groups in total. The second-order valence-electron chi connectivity index (χ2n) is 6.32. The maximum absolute atomic E-state index is 12.1. The molecule has 0 bridgehead atoms. The van der Waals surface area contributed by atoms with Crippen LogP contribution in [0.15, 0.2) is 79.0 Å². The van der Waals surface area contributed by atoms with Crippen LogP contribution in [0.3, 0.4) is 0 Å². The number of nitro groups is 1. The largest absolute Gasteiger partial charge is 0.361 e. The van der Waals surface area contributed by atoms with Gasteiger partial charge in [0.2, 0.25) is 0 Å². The number of H-pyrrole nitrogens is 1. The summed E-state index contributed by atoms with van der Waals surface area (Å²) in [5.74, 6) is 0. The molecule has 4 aromatic carbocycles. The minimum Gasteiger partial charge on any atom is -0.361 e. The molecular weight excluding hydrogens is 324 g/mol. The molecular formula is C22H14N2O2. The first-order valence-electron chi connectivity index (χ1n) is 8.40. The normalized spacial score (nSPS) is 11.4. The maximum Gasteiger partial charge on any atom is 0.285 e. The molecule has 0 aliphatic heterocycles. The summed E-state index contributed by atoms with van der Waals surface area (Å²) in [5.41, 5.74) is 2.58. The minimum absolute atomic E-state index is 0.154. The lowest BCUT2D eigenvalue weighted by molar-refractivity contribution is -0.382. The predicted molar refractivity (Wildman–Crippen MR) is 105 cm³/mol. The molecule has 0 aliphatic carbocycles. The maximum atomic E-state index is 12.1. The van der Waals surface area contributed by atoms with E-state index in [1.807, 2.05) is 79.0 Å². The topological polar surface area (TPSA) is 58.9 Å². The molecule has 4 heteroatoms. The van der Waals surface area contributed by atoms with Crippen molar-refractivity contribution in [3.8, 4) is 11.1 Å². The average molecular weight is 338 g/mol. The van der Waals surface area contributed by atoms with Crippen LogP contribution in [0.25, 0.3) is 43.6 Å². The standard InChI is InChI=1S/C22H14N2O2/c25-24(26)22-18-10-4-2-8-16(18)15-7-1-3-9-17(15)20(22)19-11-5-6-14-12-13-23-21(14)19/h1-13,23H. The minimum atomic E-state index is -0.258. The molecule has 0 aliphatic rings. The number of benzene rings is 4. The third-order valence-electron chi connectivity index (χ3n) is 4.94. The van der Waals surface area contributed by atoms with Crippen LogP contribution in [0.4, 0.5) is 5.69 Å². The highest BCUT2D eigenvalue weighted by molar-refractivity contribution is 6.20. The summed E-state index contributed by atoms with van der Waals surface area (Å²) < 4.78 is 0. The van der Waals surface area contributed by atoms with Gasteiger partial charge in [-0.3, -0.25) is 10.1 Å². The molecule has 0 unspecified atom stereocenters. The van der Waals surface area contributed by atoms with E-state index in [1.54, 1.807) is 0 Å². The van der Waals surface area contributed by atoms with E-state index >= 15 is 0 Å². The van der Waals surface area contributed by atoms with Crippen molar-refractivity contribution in [3.05, 3.63) is 89.1 Å². The highest BCUT2D eigenvalue weighted by Gasteiger charge is 2.25. The molecule has 0 amide bonds. The van der Waals surface area contributed by atoms with Crippen molar-refractivity contribution in [2.24, 2.45) is 0 Å². The van der Waals surface area contributed by atoms with E-state index in [-0.39, 0.29) is 10.6 Å². The number of aromatic nitrogens is 1. The van der Waals surface area contributed by atoms with Crippen molar-refractivity contribution < 1.29 is 4.92 Å². The van der Waals surface area contributed by atoms with Gasteiger partial charge < -0.3 is 4.98 Å². The van der Waals surface area contributed by atoms with Gasteiger partial charge in [-0.2, -0.15) is 0 Å². The molecule has 0 spiro atoms. The summed E-state index contributed by atoms with van der Waals surface area (Å²) in [6.45, 7) is 0. The Morgan fingerprint density at radius 1 is 0.731 bits per heavy atom. The van der Waals surface area contributed by atoms with Crippen molar-refractivity contribution in [3.63, 3.8) is 0 Å². The molecule has 0 radical (unpaired) electrons.